The van der Waals surface area contributed by atoms with Gasteiger partial charge in [0.15, 0.2) is 23.8 Å². The fourth-order valence-electron chi connectivity index (χ4n) is 7.78. The minimum absolute atomic E-state index is 0.0191. The Morgan fingerprint density at radius 1 is 0.452 bits per heavy atom. The molecule has 26 N–H and O–H groups in total. The first-order chi connectivity index (χ1) is 34.8. The van der Waals surface area contributed by atoms with Crippen LogP contribution in [0.5, 0.6) is 0 Å². The van der Waals surface area contributed by atoms with Crippen LogP contribution >= 0.6 is 0 Å². The molecule has 27 nitrogen and oxygen atoms in total. The van der Waals surface area contributed by atoms with Crippen molar-refractivity contribution in [1.82, 2.24) is 36.6 Å². The molecule has 0 saturated heterocycles. The average molecular weight is 1020 g/mol. The van der Waals surface area contributed by atoms with Gasteiger partial charge >= 0.3 is 5.97 Å². The van der Waals surface area contributed by atoms with Crippen LogP contribution in [0.1, 0.15) is 62.5 Å². The van der Waals surface area contributed by atoms with Gasteiger partial charge < -0.3 is 93.3 Å². The molecule has 0 spiro atoms. The molecule has 0 aliphatic heterocycles. The summed E-state index contributed by atoms with van der Waals surface area (Å²) in [7, 11) is 0. The lowest BCUT2D eigenvalue weighted by molar-refractivity contribution is -0.142. The Morgan fingerprint density at radius 2 is 0.767 bits per heavy atom. The Morgan fingerprint density at radius 3 is 1.15 bits per heavy atom. The van der Waals surface area contributed by atoms with E-state index in [2.05, 4.69) is 56.5 Å². The Labute approximate surface area is 420 Å². The summed E-state index contributed by atoms with van der Waals surface area (Å²) >= 11 is 0. The number of H-pyrrole nitrogens is 2. The molecular weight excluding hydrogens is 945 g/mol. The van der Waals surface area contributed by atoms with Gasteiger partial charge in [0.1, 0.15) is 30.2 Å². The number of hydrogen-bond donors (Lipinski definition) is 17. The van der Waals surface area contributed by atoms with Crippen molar-refractivity contribution in [1.29, 1.82) is 0 Å². The summed E-state index contributed by atoms with van der Waals surface area (Å²) in [6.07, 6.45) is 4.17. The highest BCUT2D eigenvalue weighted by Gasteiger charge is 2.34. The number of para-hydroxylation sites is 2. The molecule has 4 aromatic rings. The molecule has 2 heterocycles. The van der Waals surface area contributed by atoms with E-state index >= 15 is 0 Å². The molecule has 2 aromatic heterocycles. The van der Waals surface area contributed by atoms with Crippen molar-refractivity contribution in [3.05, 3.63) is 72.1 Å². The van der Waals surface area contributed by atoms with Crippen LogP contribution in [0, 0.1) is 0 Å². The number of aliphatic carboxylic acids is 1. The number of guanidine groups is 4. The van der Waals surface area contributed by atoms with E-state index in [4.69, 9.17) is 51.6 Å². The number of amides is 5. The third-order valence-corrected chi connectivity index (χ3v) is 11.5. The summed E-state index contributed by atoms with van der Waals surface area (Å²) in [4.78, 5) is 106. The maximum atomic E-state index is 14.8. The maximum Gasteiger partial charge on any atom is 0.326 e. The molecule has 6 atom stereocenters. The van der Waals surface area contributed by atoms with Gasteiger partial charge in [-0.3, -0.25) is 43.9 Å². The minimum Gasteiger partial charge on any atom is -0.480 e. The number of carbonyl (C=O) groups excluding carboxylic acids is 5. The van der Waals surface area contributed by atoms with Gasteiger partial charge in [0, 0.05) is 73.2 Å². The lowest BCUT2D eigenvalue weighted by Crippen LogP contribution is -2.60. The van der Waals surface area contributed by atoms with Gasteiger partial charge in [-0.2, -0.15) is 0 Å². The molecular formula is C46H70N20O7. The number of hydrogen-bond acceptors (Lipinski definition) is 11. The number of aliphatic imine (C=N–C) groups is 4. The van der Waals surface area contributed by atoms with Gasteiger partial charge in [-0.05, 0) is 74.6 Å². The summed E-state index contributed by atoms with van der Waals surface area (Å²) in [5, 5.41) is 25.1. The first-order valence-electron chi connectivity index (χ1n) is 23.6. The van der Waals surface area contributed by atoms with Crippen molar-refractivity contribution < 1.29 is 33.9 Å². The van der Waals surface area contributed by atoms with Crippen LogP contribution in [0.25, 0.3) is 21.8 Å². The highest BCUT2D eigenvalue weighted by molar-refractivity contribution is 5.97. The minimum atomic E-state index is -1.39. The summed E-state index contributed by atoms with van der Waals surface area (Å²) < 4.78 is 0. The Bertz CT molecular complexity index is 2610. The number of carboxylic acid groups (broad SMARTS) is 1. The normalized spacial score (nSPS) is 13.4. The number of rotatable bonds is 31. The predicted octanol–water partition coefficient (Wildman–Crippen LogP) is -3.52. The molecule has 396 valence electrons. The van der Waals surface area contributed by atoms with Gasteiger partial charge in [0.2, 0.25) is 29.5 Å². The Hall–Kier alpha value is -8.62. The summed E-state index contributed by atoms with van der Waals surface area (Å²) in [5.41, 5.74) is 52.8. The number of aromatic amines is 2. The summed E-state index contributed by atoms with van der Waals surface area (Å²) in [6.45, 7) is 0.481. The van der Waals surface area contributed by atoms with Crippen molar-refractivity contribution in [3.63, 3.8) is 0 Å². The molecule has 2 aromatic carbocycles. The molecule has 0 radical (unpaired) electrons. The van der Waals surface area contributed by atoms with E-state index in [9.17, 15) is 33.9 Å². The summed E-state index contributed by atoms with van der Waals surface area (Å²) in [6, 6.07) is 6.72. The van der Waals surface area contributed by atoms with Gasteiger partial charge in [-0.25, -0.2) is 4.79 Å². The second-order valence-corrected chi connectivity index (χ2v) is 17.2. The van der Waals surface area contributed by atoms with Crippen molar-refractivity contribution in [2.45, 2.75) is 100 Å². The second-order valence-electron chi connectivity index (χ2n) is 17.2. The van der Waals surface area contributed by atoms with E-state index < -0.39 is 71.8 Å². The van der Waals surface area contributed by atoms with Crippen LogP contribution in [0.4, 0.5) is 0 Å². The molecule has 0 saturated carbocycles. The standard InChI is InChI=1S/C46H70N20O7/c47-29(11-5-17-56-43(48)49)37(67)62-32(14-6-18-57-44(50)51)38(68)65-35(21-25-23-60-30-12-3-1-9-27(25)30)40(70)63-33(15-7-19-58-45(52)53)39(69)66-36(22-26-24-61-31-13-4-2-10-28(26)31)41(71)64-34(42(72)73)16-8-20-59-46(54)55/h1-4,9-10,12-13,23-24,29,32-36,60-61H,5-8,11,14-22,47H2,(H,62,67)(H,63,70)(H,64,71)(H,65,68)(H,66,69)(H,72,73)(H4,48,49,56)(H4,50,51,57)(H4,52,53,58)(H4,54,55,59)/t29-,32-,33-,34-,35-,36-/m0/s1. The van der Waals surface area contributed by atoms with E-state index in [0.717, 1.165) is 21.8 Å². The zero-order valence-corrected chi connectivity index (χ0v) is 40.5. The molecule has 0 aliphatic carbocycles. The van der Waals surface area contributed by atoms with Crippen LogP contribution in [0.3, 0.4) is 0 Å². The fourth-order valence-corrected chi connectivity index (χ4v) is 7.78. The smallest absolute Gasteiger partial charge is 0.326 e. The van der Waals surface area contributed by atoms with E-state index in [0.29, 0.717) is 17.5 Å². The number of nitrogens with one attached hydrogen (secondary N) is 7. The maximum absolute atomic E-state index is 14.8. The van der Waals surface area contributed by atoms with E-state index in [1.165, 1.54) is 0 Å². The zero-order chi connectivity index (χ0) is 53.5. The monoisotopic (exact) mass is 1010 g/mol. The van der Waals surface area contributed by atoms with E-state index in [1.807, 2.05) is 36.4 Å². The highest BCUT2D eigenvalue weighted by Crippen LogP contribution is 2.21. The predicted molar refractivity (Wildman–Crippen MR) is 279 cm³/mol. The van der Waals surface area contributed by atoms with Crippen LogP contribution in [0.2, 0.25) is 0 Å². The summed E-state index contributed by atoms with van der Waals surface area (Å²) in [5.74, 6) is -5.90. The van der Waals surface area contributed by atoms with Crippen molar-refractivity contribution in [2.24, 2.45) is 71.6 Å². The van der Waals surface area contributed by atoms with Gasteiger partial charge in [-0.15, -0.1) is 0 Å². The molecule has 73 heavy (non-hydrogen) atoms. The number of benzene rings is 2. The number of carbonyl (C=O) groups is 6. The van der Waals surface area contributed by atoms with Crippen LogP contribution < -0.4 is 78.2 Å². The Kier molecular flexibility index (Phi) is 22.6. The topological polar surface area (TPSA) is 498 Å². The quantitative estimate of drug-likeness (QED) is 0.0132. The lowest BCUT2D eigenvalue weighted by Gasteiger charge is -2.27. The van der Waals surface area contributed by atoms with Crippen LogP contribution in [-0.2, 0) is 41.6 Å². The number of aromatic nitrogens is 2. The molecule has 27 heteroatoms. The second kappa shape index (κ2) is 28.9. The first-order valence-corrected chi connectivity index (χ1v) is 23.6. The molecule has 0 fully saturated rings. The molecule has 0 bridgehead atoms. The number of fused-ring (bicyclic) bond motifs is 2. The SMILES string of the molecule is NC(N)=NCCC[C@H](NC(=O)[C@H](Cc1c[nH]c2ccccc12)NC(=O)[C@H](CCCN=C(N)N)NC(=O)[C@H](Cc1c[nH]c2ccccc12)NC(=O)[C@H](CCCN=C(N)N)NC(=O)[C@@H](N)CCCN=C(N)N)C(=O)O. The fraction of sp³-hybridized carbons (Fsp3) is 0.435. The van der Waals surface area contributed by atoms with Gasteiger partial charge in [-0.1, -0.05) is 36.4 Å². The first kappa shape index (κ1) is 57.0. The molecule has 5 amide bonds. The molecule has 0 aliphatic rings. The third kappa shape index (κ3) is 19.2. The largest absolute Gasteiger partial charge is 0.480 e. The van der Waals surface area contributed by atoms with Crippen molar-refractivity contribution in [3.8, 4) is 0 Å². The molecule has 4 rings (SSSR count). The molecule has 0 unspecified atom stereocenters. The van der Waals surface area contributed by atoms with Gasteiger partial charge in [0.25, 0.3) is 0 Å². The Balaban J connectivity index is 1.68. The average Bonchev–Trinajstić information content (AvgIpc) is 3.95. The van der Waals surface area contributed by atoms with E-state index in [1.54, 1.807) is 24.5 Å². The van der Waals surface area contributed by atoms with E-state index in [-0.39, 0.29) is 108 Å². The number of nitrogens with zero attached hydrogens (tertiary/aromatic N) is 4. The number of nitrogens with two attached hydrogens (primary N) is 9. The van der Waals surface area contributed by atoms with Crippen molar-refractivity contribution >= 4 is 81.1 Å². The van der Waals surface area contributed by atoms with Crippen LogP contribution in [0.15, 0.2) is 80.9 Å². The number of carboxylic acids is 1. The lowest BCUT2D eigenvalue weighted by atomic mass is 10.0. The highest BCUT2D eigenvalue weighted by atomic mass is 16.4. The van der Waals surface area contributed by atoms with Crippen molar-refractivity contribution in [2.75, 3.05) is 26.2 Å². The van der Waals surface area contributed by atoms with Gasteiger partial charge in [0.05, 0.1) is 6.04 Å². The van der Waals surface area contributed by atoms with Crippen LogP contribution in [-0.4, -0.2) is 137 Å². The zero-order valence-electron chi connectivity index (χ0n) is 40.5. The third-order valence-electron chi connectivity index (χ3n) is 11.5.